The number of carbonyl (C=O) groups excluding carboxylic acids is 1. The molecule has 2 aromatic rings. The standard InChI is InChI=1S/C17H21NO3S2/c1-13(2)11-16(19)18-12-15(14-7-4-3-5-8-14)23(20,21)17-9-6-10-22-17/h3-10,13,15H,11-12H2,1-2H3,(H,18,19). The van der Waals surface area contributed by atoms with Crippen LogP contribution in [0.2, 0.25) is 0 Å². The molecule has 0 aliphatic heterocycles. The van der Waals surface area contributed by atoms with Gasteiger partial charge < -0.3 is 5.32 Å². The predicted octanol–water partition coefficient (Wildman–Crippen LogP) is 3.43. The highest BCUT2D eigenvalue weighted by molar-refractivity contribution is 7.93. The van der Waals surface area contributed by atoms with Gasteiger partial charge in [0.05, 0.1) is 0 Å². The maximum absolute atomic E-state index is 12.9. The van der Waals surface area contributed by atoms with Crippen LogP contribution in [0, 0.1) is 5.92 Å². The van der Waals surface area contributed by atoms with Crippen LogP contribution in [0.1, 0.15) is 31.1 Å². The van der Waals surface area contributed by atoms with Gasteiger partial charge in [0.2, 0.25) is 5.91 Å². The van der Waals surface area contributed by atoms with Gasteiger partial charge in [-0.1, -0.05) is 50.2 Å². The van der Waals surface area contributed by atoms with E-state index in [1.54, 1.807) is 29.6 Å². The Bertz CT molecular complexity index is 722. The van der Waals surface area contributed by atoms with Crippen molar-refractivity contribution in [2.45, 2.75) is 29.7 Å². The van der Waals surface area contributed by atoms with E-state index in [0.29, 0.717) is 16.2 Å². The Morgan fingerprint density at radius 3 is 2.39 bits per heavy atom. The van der Waals surface area contributed by atoms with Crippen LogP contribution in [0.15, 0.2) is 52.1 Å². The van der Waals surface area contributed by atoms with E-state index >= 15 is 0 Å². The molecule has 0 saturated heterocycles. The van der Waals surface area contributed by atoms with Crippen molar-refractivity contribution in [3.63, 3.8) is 0 Å². The van der Waals surface area contributed by atoms with E-state index in [4.69, 9.17) is 0 Å². The lowest BCUT2D eigenvalue weighted by atomic mass is 10.1. The summed E-state index contributed by atoms with van der Waals surface area (Å²) in [4.78, 5) is 11.9. The van der Waals surface area contributed by atoms with Gasteiger partial charge in [-0.25, -0.2) is 8.42 Å². The lowest BCUT2D eigenvalue weighted by molar-refractivity contribution is -0.121. The Kier molecular flexibility index (Phi) is 5.96. The molecule has 1 aromatic heterocycles. The normalized spacial score (nSPS) is 13.0. The SMILES string of the molecule is CC(C)CC(=O)NCC(c1ccccc1)S(=O)(=O)c1cccs1. The largest absolute Gasteiger partial charge is 0.354 e. The van der Waals surface area contributed by atoms with E-state index in [1.807, 2.05) is 32.0 Å². The average molecular weight is 351 g/mol. The first-order valence-corrected chi connectivity index (χ1v) is 9.93. The van der Waals surface area contributed by atoms with Crippen molar-refractivity contribution in [3.8, 4) is 0 Å². The molecule has 0 aliphatic carbocycles. The van der Waals surface area contributed by atoms with Crippen molar-refractivity contribution in [2.75, 3.05) is 6.54 Å². The topological polar surface area (TPSA) is 63.2 Å². The number of sulfone groups is 1. The summed E-state index contributed by atoms with van der Waals surface area (Å²) in [6, 6.07) is 12.3. The van der Waals surface area contributed by atoms with Crippen molar-refractivity contribution >= 4 is 27.1 Å². The smallest absolute Gasteiger partial charge is 0.220 e. The Morgan fingerprint density at radius 2 is 1.83 bits per heavy atom. The van der Waals surface area contributed by atoms with Crippen molar-refractivity contribution in [2.24, 2.45) is 5.92 Å². The van der Waals surface area contributed by atoms with E-state index < -0.39 is 15.1 Å². The van der Waals surface area contributed by atoms with Crippen LogP contribution in [0.25, 0.3) is 0 Å². The molecule has 1 N–H and O–H groups in total. The first-order valence-electron chi connectivity index (χ1n) is 7.50. The summed E-state index contributed by atoms with van der Waals surface area (Å²) in [5.74, 6) is 0.112. The molecule has 124 valence electrons. The van der Waals surface area contributed by atoms with E-state index in [2.05, 4.69) is 5.32 Å². The lowest BCUT2D eigenvalue weighted by Gasteiger charge is -2.18. The lowest BCUT2D eigenvalue weighted by Crippen LogP contribution is -2.32. The summed E-state index contributed by atoms with van der Waals surface area (Å²) in [5, 5.41) is 3.73. The summed E-state index contributed by atoms with van der Waals surface area (Å²) in [7, 11) is -3.53. The van der Waals surface area contributed by atoms with Crippen LogP contribution in [0.4, 0.5) is 0 Å². The Hall–Kier alpha value is -1.66. The van der Waals surface area contributed by atoms with Crippen molar-refractivity contribution < 1.29 is 13.2 Å². The van der Waals surface area contributed by atoms with Gasteiger partial charge in [-0.3, -0.25) is 4.79 Å². The number of thiophene rings is 1. The van der Waals surface area contributed by atoms with Crippen LogP contribution in [0.3, 0.4) is 0 Å². The molecule has 1 unspecified atom stereocenters. The molecule has 23 heavy (non-hydrogen) atoms. The molecule has 1 heterocycles. The molecule has 6 heteroatoms. The molecule has 0 bridgehead atoms. The molecule has 0 aliphatic rings. The second-order valence-corrected chi connectivity index (χ2v) is 9.08. The third-order valence-corrected chi connectivity index (χ3v) is 6.93. The van der Waals surface area contributed by atoms with E-state index in [0.717, 1.165) is 0 Å². The molecular formula is C17H21NO3S2. The molecule has 1 amide bonds. The number of carbonyl (C=O) groups is 1. The number of nitrogens with one attached hydrogen (secondary N) is 1. The Morgan fingerprint density at radius 1 is 1.13 bits per heavy atom. The molecule has 1 atom stereocenters. The predicted molar refractivity (Wildman–Crippen MR) is 93.2 cm³/mol. The first kappa shape index (κ1) is 17.7. The van der Waals surface area contributed by atoms with E-state index in [1.165, 1.54) is 11.3 Å². The van der Waals surface area contributed by atoms with Crippen LogP contribution in [0.5, 0.6) is 0 Å². The first-order chi connectivity index (χ1) is 10.9. The third-order valence-electron chi connectivity index (χ3n) is 3.40. The van der Waals surface area contributed by atoms with Gasteiger partial charge in [-0.15, -0.1) is 11.3 Å². The van der Waals surface area contributed by atoms with Crippen LogP contribution >= 0.6 is 11.3 Å². The molecule has 0 saturated carbocycles. The zero-order valence-electron chi connectivity index (χ0n) is 13.2. The number of rotatable bonds is 7. The maximum atomic E-state index is 12.9. The molecule has 0 spiro atoms. The van der Waals surface area contributed by atoms with Crippen molar-refractivity contribution in [1.82, 2.24) is 5.32 Å². The molecule has 1 aromatic carbocycles. The van der Waals surface area contributed by atoms with Crippen LogP contribution in [-0.2, 0) is 14.6 Å². The molecule has 0 radical (unpaired) electrons. The van der Waals surface area contributed by atoms with Gasteiger partial charge in [0.1, 0.15) is 9.46 Å². The van der Waals surface area contributed by atoms with Gasteiger partial charge in [-0.05, 0) is 22.9 Å². The Labute approximate surface area is 141 Å². The summed E-state index contributed by atoms with van der Waals surface area (Å²) < 4.78 is 26.1. The highest BCUT2D eigenvalue weighted by Crippen LogP contribution is 2.31. The fourth-order valence-corrected chi connectivity index (χ4v) is 5.16. The number of hydrogen-bond donors (Lipinski definition) is 1. The zero-order chi connectivity index (χ0) is 16.9. The van der Waals surface area contributed by atoms with Gasteiger partial charge in [0, 0.05) is 13.0 Å². The summed E-state index contributed by atoms with van der Waals surface area (Å²) in [5.41, 5.74) is 0.686. The summed E-state index contributed by atoms with van der Waals surface area (Å²) in [6.45, 7) is 3.99. The minimum absolute atomic E-state index is 0.0792. The monoisotopic (exact) mass is 351 g/mol. The minimum atomic E-state index is -3.53. The second-order valence-electron chi connectivity index (χ2n) is 5.78. The second kappa shape index (κ2) is 7.75. The number of benzene rings is 1. The number of amides is 1. The van der Waals surface area contributed by atoms with Crippen molar-refractivity contribution in [3.05, 3.63) is 53.4 Å². The maximum Gasteiger partial charge on any atom is 0.220 e. The molecular weight excluding hydrogens is 330 g/mol. The average Bonchev–Trinajstić information content (AvgIpc) is 3.02. The fraction of sp³-hybridized carbons (Fsp3) is 0.353. The van der Waals surface area contributed by atoms with E-state index in [-0.39, 0.29) is 18.4 Å². The van der Waals surface area contributed by atoms with Crippen LogP contribution in [-0.4, -0.2) is 20.9 Å². The third kappa shape index (κ3) is 4.65. The summed E-state index contributed by atoms with van der Waals surface area (Å²) >= 11 is 1.20. The van der Waals surface area contributed by atoms with Crippen molar-refractivity contribution in [1.29, 1.82) is 0 Å². The quantitative estimate of drug-likeness (QED) is 0.831. The van der Waals surface area contributed by atoms with Crippen LogP contribution < -0.4 is 5.32 Å². The number of hydrogen-bond acceptors (Lipinski definition) is 4. The minimum Gasteiger partial charge on any atom is -0.354 e. The zero-order valence-corrected chi connectivity index (χ0v) is 14.9. The Balaban J connectivity index is 2.25. The van der Waals surface area contributed by atoms with Gasteiger partial charge in [0.15, 0.2) is 9.84 Å². The summed E-state index contributed by atoms with van der Waals surface area (Å²) in [6.07, 6.45) is 0.389. The van der Waals surface area contributed by atoms with E-state index in [9.17, 15) is 13.2 Å². The molecule has 2 rings (SSSR count). The highest BCUT2D eigenvalue weighted by Gasteiger charge is 2.30. The highest BCUT2D eigenvalue weighted by atomic mass is 32.2. The molecule has 4 nitrogen and oxygen atoms in total. The fourth-order valence-electron chi connectivity index (χ4n) is 2.29. The van der Waals surface area contributed by atoms with Gasteiger partial charge >= 0.3 is 0 Å². The van der Waals surface area contributed by atoms with Gasteiger partial charge in [-0.2, -0.15) is 0 Å². The van der Waals surface area contributed by atoms with Gasteiger partial charge in [0.25, 0.3) is 0 Å². The molecule has 0 fully saturated rings.